The van der Waals surface area contributed by atoms with Gasteiger partial charge in [0, 0.05) is 53.7 Å². The van der Waals surface area contributed by atoms with E-state index in [0.29, 0.717) is 55.3 Å². The summed E-state index contributed by atoms with van der Waals surface area (Å²) < 4.78 is 42.9. The number of sulfonamides is 1. The number of halogens is 2. The first kappa shape index (κ1) is 46.6. The summed E-state index contributed by atoms with van der Waals surface area (Å²) in [6.07, 6.45) is 3.58. The molecule has 2 saturated heterocycles. The van der Waals surface area contributed by atoms with E-state index < -0.39 is 40.2 Å². The molecule has 18 nitrogen and oxygen atoms in total. The number of carbonyl (C=O) groups is 3. The summed E-state index contributed by atoms with van der Waals surface area (Å²) in [5, 5.41) is 45.5. The van der Waals surface area contributed by atoms with Gasteiger partial charge in [0.15, 0.2) is 12.2 Å². The Hall–Kier alpha value is -4.44. The predicted molar refractivity (Wildman–Crippen MR) is 219 cm³/mol. The van der Waals surface area contributed by atoms with Crippen molar-refractivity contribution >= 4 is 62.0 Å². The van der Waals surface area contributed by atoms with Crippen LogP contribution in [0.3, 0.4) is 0 Å². The Labute approximate surface area is 356 Å². The number of fused-ring (bicyclic) bond motifs is 1. The molecule has 2 aromatic heterocycles. The molecule has 0 aliphatic carbocycles. The van der Waals surface area contributed by atoms with Gasteiger partial charge in [0.1, 0.15) is 28.8 Å². The Morgan fingerprint density at radius 2 is 1.72 bits per heavy atom. The van der Waals surface area contributed by atoms with Crippen LogP contribution in [0.1, 0.15) is 36.9 Å². The number of carboxylic acids is 2. The van der Waals surface area contributed by atoms with Gasteiger partial charge in [-0.15, -0.1) is 0 Å². The number of nitrogens with zero attached hydrogens (tertiary/aromatic N) is 5. The third-order valence-corrected chi connectivity index (χ3v) is 13.0. The molecule has 21 heteroatoms. The zero-order valence-corrected chi connectivity index (χ0v) is 35.0. The monoisotopic (exact) mass is 894 g/mol. The zero-order valence-electron chi connectivity index (χ0n) is 32.7. The van der Waals surface area contributed by atoms with Crippen molar-refractivity contribution in [3.8, 4) is 11.4 Å². The maximum Gasteiger partial charge on any atom is 0.335 e. The topological polar surface area (TPSA) is 254 Å². The van der Waals surface area contributed by atoms with Crippen LogP contribution in [0.25, 0.3) is 16.6 Å². The Kier molecular flexibility index (Phi) is 16.6. The van der Waals surface area contributed by atoms with Gasteiger partial charge >= 0.3 is 11.9 Å². The molecule has 0 spiro atoms. The predicted octanol–water partition coefficient (Wildman–Crippen LogP) is 2.48. The summed E-state index contributed by atoms with van der Waals surface area (Å²) in [5.41, 5.74) is 2.63. The number of hydrogen-bond donors (Lipinski definition) is 6. The highest BCUT2D eigenvalue weighted by Crippen LogP contribution is 2.37. The second kappa shape index (κ2) is 21.4. The minimum atomic E-state index is -4.15. The lowest BCUT2D eigenvalue weighted by molar-refractivity contribution is -0.165. The van der Waals surface area contributed by atoms with Gasteiger partial charge in [0.25, 0.3) is 0 Å². The van der Waals surface area contributed by atoms with E-state index in [-0.39, 0.29) is 40.6 Å². The number of aromatic nitrogens is 3. The van der Waals surface area contributed by atoms with E-state index in [0.717, 1.165) is 49.2 Å². The summed E-state index contributed by atoms with van der Waals surface area (Å²) in [6.45, 7) is 6.05. The first-order chi connectivity index (χ1) is 28.6. The molecule has 326 valence electrons. The van der Waals surface area contributed by atoms with Crippen molar-refractivity contribution in [2.75, 3.05) is 52.5 Å². The minimum absolute atomic E-state index is 0.0181. The van der Waals surface area contributed by atoms with E-state index in [4.69, 9.17) is 63.2 Å². The molecule has 2 aromatic carbocycles. The van der Waals surface area contributed by atoms with Crippen LogP contribution < -0.4 is 10.1 Å². The lowest BCUT2D eigenvalue weighted by Crippen LogP contribution is -2.47. The van der Waals surface area contributed by atoms with Crippen molar-refractivity contribution in [2.24, 2.45) is 5.92 Å². The molecule has 0 radical (unpaired) electrons. The number of carboxylic acid groups (broad SMARTS) is 2. The number of hydrogen-bond acceptors (Lipinski definition) is 13. The van der Waals surface area contributed by atoms with Crippen LogP contribution in [0.4, 0.5) is 0 Å². The number of amides is 1. The number of rotatable bonds is 17. The molecule has 0 bridgehead atoms. The summed E-state index contributed by atoms with van der Waals surface area (Å²) in [5.74, 6) is -3.04. The molecule has 2 fully saturated rings. The quantitative estimate of drug-likeness (QED) is 0.0833. The summed E-state index contributed by atoms with van der Waals surface area (Å²) in [4.78, 5) is 44.0. The highest BCUT2D eigenvalue weighted by atomic mass is 35.5. The Morgan fingerprint density at radius 3 is 2.37 bits per heavy atom. The van der Waals surface area contributed by atoms with Gasteiger partial charge in [-0.2, -0.15) is 4.31 Å². The van der Waals surface area contributed by atoms with Crippen LogP contribution in [-0.2, 0) is 35.8 Å². The van der Waals surface area contributed by atoms with Gasteiger partial charge in [-0.3, -0.25) is 4.79 Å². The number of aliphatic hydroxyl groups is 3. The Balaban J connectivity index is 0.000000606. The largest absolute Gasteiger partial charge is 0.487 e. The number of likely N-dealkylation sites (tertiary alicyclic amines) is 1. The van der Waals surface area contributed by atoms with Gasteiger partial charge < -0.3 is 49.8 Å². The van der Waals surface area contributed by atoms with Crippen LogP contribution in [0, 0.1) is 12.8 Å². The number of imidazole rings is 1. The molecule has 2 aliphatic heterocycles. The standard InChI is InChI=1S/C35H42Cl2N6O6S.C4H6O6/c1-24-20-30(42-15-11-38-23-42)26-4-2-6-31(34(26)40-24)49-22-27-28(36)7-8-32(33(27)37)50(46,47)43-12-3-5-29(43)35(45)39-21-25-9-13-41(14-10-25)16-18-48-19-17-44;5-1(3(7)8)2(6)4(9)10/h2,4,6-8,11,15,20,23,25,29,44H,3,5,9-10,12-14,16-19,21-22H2,1H3,(H,39,45);1-2,5-6H,(H,7,8)(H,9,10)/t29-;/m0./s1. The van der Waals surface area contributed by atoms with E-state index in [1.807, 2.05) is 35.9 Å². The minimum Gasteiger partial charge on any atom is -0.487 e. The normalized spacial score (nSPS) is 17.5. The third-order valence-electron chi connectivity index (χ3n) is 10.2. The number of piperidine rings is 1. The van der Waals surface area contributed by atoms with Crippen molar-refractivity contribution in [2.45, 2.75) is 62.4 Å². The number of aliphatic hydroxyl groups excluding tert-OH is 3. The average Bonchev–Trinajstić information content (AvgIpc) is 3.96. The number of benzene rings is 2. The van der Waals surface area contributed by atoms with Gasteiger partial charge in [-0.25, -0.2) is 28.0 Å². The van der Waals surface area contributed by atoms with E-state index in [2.05, 4.69) is 15.2 Å². The Bertz CT molecular complexity index is 2210. The van der Waals surface area contributed by atoms with Crippen molar-refractivity contribution in [3.63, 3.8) is 0 Å². The molecule has 4 heterocycles. The zero-order chi connectivity index (χ0) is 43.6. The maximum atomic E-state index is 14.1. The van der Waals surface area contributed by atoms with Crippen molar-refractivity contribution in [1.29, 1.82) is 0 Å². The highest BCUT2D eigenvalue weighted by Gasteiger charge is 2.41. The molecule has 6 rings (SSSR count). The number of nitrogens with one attached hydrogen (secondary N) is 1. The first-order valence-corrected chi connectivity index (χ1v) is 21.3. The molecular formula is C39H48Cl2N6O12S. The highest BCUT2D eigenvalue weighted by molar-refractivity contribution is 7.89. The molecule has 2 unspecified atom stereocenters. The van der Waals surface area contributed by atoms with E-state index in [1.54, 1.807) is 18.6 Å². The van der Waals surface area contributed by atoms with Crippen LogP contribution in [0.15, 0.2) is 60.0 Å². The molecule has 60 heavy (non-hydrogen) atoms. The van der Waals surface area contributed by atoms with Gasteiger partial charge in [-0.1, -0.05) is 35.3 Å². The van der Waals surface area contributed by atoms with Crippen molar-refractivity contribution in [3.05, 3.63) is 76.4 Å². The van der Waals surface area contributed by atoms with Crippen molar-refractivity contribution < 1.29 is 57.8 Å². The molecule has 3 atom stereocenters. The smallest absolute Gasteiger partial charge is 0.335 e. The molecular weight excluding hydrogens is 847 g/mol. The van der Waals surface area contributed by atoms with Gasteiger partial charge in [-0.05, 0) is 75.9 Å². The maximum absolute atomic E-state index is 14.1. The van der Waals surface area contributed by atoms with Crippen LogP contribution in [0.2, 0.25) is 10.0 Å². The second-order valence-electron chi connectivity index (χ2n) is 14.2. The SMILES string of the molecule is Cc1cc(-n2ccnc2)c2cccc(OCc3c(Cl)ccc(S(=O)(=O)N4CCC[C@H]4C(=O)NCC4CCN(CCOCCO)CC4)c3Cl)c2n1.O=C(O)C(O)C(O)C(=O)O. The van der Waals surface area contributed by atoms with Crippen molar-refractivity contribution in [1.82, 2.24) is 29.1 Å². The first-order valence-electron chi connectivity index (χ1n) is 19.1. The van der Waals surface area contributed by atoms with E-state index in [1.165, 1.54) is 16.4 Å². The average molecular weight is 896 g/mol. The third kappa shape index (κ3) is 11.5. The summed E-state index contributed by atoms with van der Waals surface area (Å²) in [6, 6.07) is 9.62. The number of ether oxygens (including phenoxy) is 2. The fourth-order valence-electron chi connectivity index (χ4n) is 6.94. The lowest BCUT2D eigenvalue weighted by atomic mass is 9.96. The second-order valence-corrected chi connectivity index (χ2v) is 16.9. The van der Waals surface area contributed by atoms with E-state index in [9.17, 15) is 22.8 Å². The van der Waals surface area contributed by atoms with Gasteiger partial charge in [0.2, 0.25) is 15.9 Å². The van der Waals surface area contributed by atoms with Crippen LogP contribution in [-0.4, -0.2) is 146 Å². The van der Waals surface area contributed by atoms with Crippen LogP contribution in [0.5, 0.6) is 5.75 Å². The molecule has 2 aliphatic rings. The number of carbonyl (C=O) groups excluding carboxylic acids is 1. The summed E-state index contributed by atoms with van der Waals surface area (Å²) in [7, 11) is -4.15. The van der Waals surface area contributed by atoms with Gasteiger partial charge in [0.05, 0.1) is 36.9 Å². The van der Waals surface area contributed by atoms with E-state index >= 15 is 0 Å². The fraction of sp³-hybridized carbons (Fsp3) is 0.462. The molecule has 1 amide bonds. The number of aryl methyl sites for hydroxylation is 1. The number of pyridine rings is 1. The number of aliphatic carboxylic acids is 2. The summed E-state index contributed by atoms with van der Waals surface area (Å²) >= 11 is 13.4. The lowest BCUT2D eigenvalue weighted by Gasteiger charge is -2.32. The fourth-order valence-corrected chi connectivity index (χ4v) is 9.46. The van der Waals surface area contributed by atoms with Crippen LogP contribution >= 0.6 is 23.2 Å². The molecule has 6 N–H and O–H groups in total. The number of para-hydroxylation sites is 1. The Morgan fingerprint density at radius 1 is 1.00 bits per heavy atom. The molecule has 4 aromatic rings. The molecule has 0 saturated carbocycles.